The van der Waals surface area contributed by atoms with Crippen LogP contribution in [0, 0.1) is 0 Å². The largest absolute Gasteiger partial charge is 0.472 e. The minimum atomic E-state index is -0.256. The summed E-state index contributed by atoms with van der Waals surface area (Å²) in [5, 5.41) is 0. The van der Waals surface area contributed by atoms with Crippen LogP contribution in [0.4, 0.5) is 0 Å². The molecule has 2 nitrogen and oxygen atoms in total. The van der Waals surface area contributed by atoms with Crippen LogP contribution in [0.2, 0.25) is 0 Å². The van der Waals surface area contributed by atoms with E-state index in [1.807, 2.05) is 18.2 Å². The zero-order valence-corrected chi connectivity index (χ0v) is 6.41. The molecule has 0 heterocycles. The van der Waals surface area contributed by atoms with Crippen LogP contribution in [0.1, 0.15) is 10.4 Å². The van der Waals surface area contributed by atoms with Crippen molar-refractivity contribution in [1.82, 2.24) is 0 Å². The van der Waals surface area contributed by atoms with Crippen molar-refractivity contribution >= 4 is 13.8 Å². The second-order valence-electron chi connectivity index (χ2n) is 2.09. The first-order valence-electron chi connectivity index (χ1n) is 3.56. The number of rotatable bonds is 2. The molecule has 0 saturated carbocycles. The molecule has 0 saturated heterocycles. The van der Waals surface area contributed by atoms with E-state index in [1.54, 1.807) is 20.0 Å². The van der Waals surface area contributed by atoms with Gasteiger partial charge < -0.3 is 4.74 Å². The van der Waals surface area contributed by atoms with E-state index in [2.05, 4.69) is 0 Å². The van der Waals surface area contributed by atoms with Crippen LogP contribution < -0.4 is 0 Å². The van der Waals surface area contributed by atoms with Crippen LogP contribution in [0.3, 0.4) is 0 Å². The maximum atomic E-state index is 11.0. The Bertz CT molecular complexity index is 233. The average molecular weight is 148 g/mol. The summed E-state index contributed by atoms with van der Waals surface area (Å²) in [6, 6.07) is 8.96. The van der Waals surface area contributed by atoms with Crippen LogP contribution in [-0.4, -0.2) is 20.3 Å². The molecule has 1 aromatic carbocycles. The molecule has 0 aliphatic heterocycles. The fraction of sp³-hybridized carbons (Fsp3) is 0.125. The molecule has 0 radical (unpaired) electrons. The summed E-state index contributed by atoms with van der Waals surface area (Å²) < 4.78 is 4.79. The van der Waals surface area contributed by atoms with Gasteiger partial charge in [-0.05, 0) is 12.1 Å². The highest BCUT2D eigenvalue weighted by atomic mass is 16.5. The molecule has 0 bridgehead atoms. The van der Waals surface area contributed by atoms with Gasteiger partial charge in [0.1, 0.15) is 0 Å². The van der Waals surface area contributed by atoms with Gasteiger partial charge in [0.25, 0.3) is 0 Å². The monoisotopic (exact) mass is 148 g/mol. The Morgan fingerprint density at radius 3 is 2.55 bits per heavy atom. The van der Waals surface area contributed by atoms with Crippen molar-refractivity contribution in [3.05, 3.63) is 35.9 Å². The van der Waals surface area contributed by atoms with Crippen molar-refractivity contribution in [2.24, 2.45) is 0 Å². The van der Waals surface area contributed by atoms with Gasteiger partial charge in [0.05, 0.1) is 12.1 Å². The lowest BCUT2D eigenvalue weighted by molar-refractivity contribution is 0.0573. The van der Waals surface area contributed by atoms with E-state index in [-0.39, 0.29) is 5.97 Å². The third kappa shape index (κ3) is 2.11. The maximum absolute atomic E-state index is 11.0. The van der Waals surface area contributed by atoms with E-state index in [4.69, 9.17) is 4.74 Å². The Hall–Kier alpha value is -1.25. The third-order valence-corrected chi connectivity index (χ3v) is 1.28. The fourth-order valence-corrected chi connectivity index (χ4v) is 0.789. The first-order chi connectivity index (χ1) is 5.34. The molecule has 0 unspecified atom stereocenters. The second kappa shape index (κ2) is 3.81. The van der Waals surface area contributed by atoms with Gasteiger partial charge >= 0.3 is 5.97 Å². The molecule has 0 amide bonds. The molecule has 1 aromatic rings. The molecule has 0 aliphatic rings. The van der Waals surface area contributed by atoms with Crippen molar-refractivity contribution in [3.8, 4) is 0 Å². The second-order valence-corrected chi connectivity index (χ2v) is 2.09. The van der Waals surface area contributed by atoms with Crippen LogP contribution >= 0.6 is 0 Å². The first kappa shape index (κ1) is 7.86. The topological polar surface area (TPSA) is 26.3 Å². The zero-order valence-electron chi connectivity index (χ0n) is 6.41. The molecule has 0 atom stereocenters. The Morgan fingerprint density at radius 1 is 1.36 bits per heavy atom. The molecular weight excluding hydrogens is 139 g/mol. The Kier molecular flexibility index (Phi) is 2.72. The SMILES string of the molecule is BCOC(=O)c1ccccc1. The van der Waals surface area contributed by atoms with Crippen LogP contribution in [0.15, 0.2) is 30.3 Å². The van der Waals surface area contributed by atoms with Gasteiger partial charge in [0.15, 0.2) is 7.85 Å². The quantitative estimate of drug-likeness (QED) is 0.449. The van der Waals surface area contributed by atoms with Crippen molar-refractivity contribution in [2.45, 2.75) is 0 Å². The summed E-state index contributed by atoms with van der Waals surface area (Å²) in [6.45, 7) is 0.424. The third-order valence-electron chi connectivity index (χ3n) is 1.28. The number of carbonyl (C=O) groups excluding carboxylic acids is 1. The standard InChI is InChI=1S/C8H9BO2/c9-6-11-8(10)7-4-2-1-3-5-7/h1-5H,6,9H2. The molecular formula is C8H9BO2. The Balaban J connectivity index is 2.69. The van der Waals surface area contributed by atoms with E-state index in [0.29, 0.717) is 12.1 Å². The molecule has 0 spiro atoms. The lowest BCUT2D eigenvalue weighted by atomic mass is 10.2. The van der Waals surface area contributed by atoms with E-state index in [0.717, 1.165) is 0 Å². The van der Waals surface area contributed by atoms with Gasteiger partial charge in [-0.1, -0.05) is 18.2 Å². The number of hydrogen-bond acceptors (Lipinski definition) is 2. The van der Waals surface area contributed by atoms with E-state index >= 15 is 0 Å². The predicted octanol–water partition coefficient (Wildman–Crippen LogP) is 0.434. The highest BCUT2D eigenvalue weighted by molar-refractivity contribution is 6.09. The maximum Gasteiger partial charge on any atom is 0.337 e. The number of ether oxygens (including phenoxy) is 1. The summed E-state index contributed by atoms with van der Waals surface area (Å²) in [4.78, 5) is 11.0. The van der Waals surface area contributed by atoms with Gasteiger partial charge in [-0.3, -0.25) is 0 Å². The predicted molar refractivity (Wildman–Crippen MR) is 45.3 cm³/mol. The average Bonchev–Trinajstić information content (AvgIpc) is 2.07. The Labute approximate surface area is 66.6 Å². The number of esters is 1. The van der Waals surface area contributed by atoms with Crippen LogP contribution in [0.5, 0.6) is 0 Å². The first-order valence-corrected chi connectivity index (χ1v) is 3.56. The van der Waals surface area contributed by atoms with Crippen molar-refractivity contribution in [3.63, 3.8) is 0 Å². The Morgan fingerprint density at radius 2 is 2.00 bits per heavy atom. The summed E-state index contributed by atoms with van der Waals surface area (Å²) in [5.74, 6) is -0.256. The highest BCUT2D eigenvalue weighted by Crippen LogP contribution is 1.99. The smallest absolute Gasteiger partial charge is 0.337 e. The molecule has 0 aliphatic carbocycles. The normalized spacial score (nSPS) is 9.09. The minimum Gasteiger partial charge on any atom is -0.472 e. The number of benzene rings is 1. The van der Waals surface area contributed by atoms with Crippen LogP contribution in [-0.2, 0) is 4.74 Å². The number of hydrogen-bond donors (Lipinski definition) is 0. The minimum absolute atomic E-state index is 0.256. The lowest BCUT2D eigenvalue weighted by Gasteiger charge is -1.99. The van der Waals surface area contributed by atoms with Gasteiger partial charge in [-0.15, -0.1) is 0 Å². The molecule has 0 aromatic heterocycles. The zero-order chi connectivity index (χ0) is 8.10. The highest BCUT2D eigenvalue weighted by Gasteiger charge is 2.02. The van der Waals surface area contributed by atoms with Crippen molar-refractivity contribution in [1.29, 1.82) is 0 Å². The van der Waals surface area contributed by atoms with E-state index in [1.165, 1.54) is 0 Å². The van der Waals surface area contributed by atoms with Gasteiger partial charge in [0, 0.05) is 0 Å². The van der Waals surface area contributed by atoms with Crippen LogP contribution in [0.25, 0.3) is 0 Å². The number of carbonyl (C=O) groups is 1. The summed E-state index contributed by atoms with van der Waals surface area (Å²) >= 11 is 0. The summed E-state index contributed by atoms with van der Waals surface area (Å²) in [7, 11) is 1.79. The van der Waals surface area contributed by atoms with Gasteiger partial charge in [0.2, 0.25) is 0 Å². The van der Waals surface area contributed by atoms with Crippen molar-refractivity contribution < 1.29 is 9.53 Å². The molecule has 11 heavy (non-hydrogen) atoms. The molecule has 0 N–H and O–H groups in total. The van der Waals surface area contributed by atoms with E-state index in [9.17, 15) is 4.79 Å². The fourth-order valence-electron chi connectivity index (χ4n) is 0.789. The lowest BCUT2D eigenvalue weighted by Crippen LogP contribution is -2.05. The molecule has 0 fully saturated rings. The van der Waals surface area contributed by atoms with Crippen molar-refractivity contribution in [2.75, 3.05) is 6.51 Å². The molecule has 3 heteroatoms. The van der Waals surface area contributed by atoms with Gasteiger partial charge in [-0.2, -0.15) is 0 Å². The van der Waals surface area contributed by atoms with Gasteiger partial charge in [-0.25, -0.2) is 4.79 Å². The molecule has 1 rings (SSSR count). The molecule has 56 valence electrons. The summed E-state index contributed by atoms with van der Waals surface area (Å²) in [5.41, 5.74) is 0.606. The van der Waals surface area contributed by atoms with E-state index < -0.39 is 0 Å². The summed E-state index contributed by atoms with van der Waals surface area (Å²) in [6.07, 6.45) is 0.